The predicted octanol–water partition coefficient (Wildman–Crippen LogP) is 3.38. The second-order valence-electron chi connectivity index (χ2n) is 4.22. The lowest BCUT2D eigenvalue weighted by Crippen LogP contribution is -2.32. The van der Waals surface area contributed by atoms with Gasteiger partial charge in [0, 0.05) is 6.07 Å². The highest BCUT2D eigenvalue weighted by Crippen LogP contribution is 2.23. The summed E-state index contributed by atoms with van der Waals surface area (Å²) < 4.78 is 10.9. The Morgan fingerprint density at radius 2 is 2.29 bits per heavy atom. The largest absolute Gasteiger partial charge is 0.448 e. The minimum atomic E-state index is -0.879. The summed E-state index contributed by atoms with van der Waals surface area (Å²) in [6, 6.07) is 4.98. The molecule has 6 nitrogen and oxygen atoms in total. The standard InChI is InChI=1S/C13H13BrN2O4S/c1-3-8(12(17)15-11-6-7(2)20-16-11)19-13(18)9-4-5-10(14)21-9/h4-6,8H,3H2,1-2H3,(H,15,16,17). The molecule has 8 heteroatoms. The topological polar surface area (TPSA) is 81.4 Å². The van der Waals surface area contributed by atoms with Crippen LogP contribution in [0, 0.1) is 6.92 Å². The Balaban J connectivity index is 1.98. The Labute approximate surface area is 133 Å². The molecule has 0 aromatic carbocycles. The van der Waals surface area contributed by atoms with E-state index in [1.807, 2.05) is 0 Å². The van der Waals surface area contributed by atoms with Gasteiger partial charge in [0.25, 0.3) is 5.91 Å². The van der Waals surface area contributed by atoms with E-state index in [0.717, 1.165) is 3.79 Å². The summed E-state index contributed by atoms with van der Waals surface area (Å²) >= 11 is 4.52. The molecule has 1 atom stereocenters. The summed E-state index contributed by atoms with van der Waals surface area (Å²) in [7, 11) is 0. The van der Waals surface area contributed by atoms with Crippen molar-refractivity contribution in [1.29, 1.82) is 0 Å². The summed E-state index contributed by atoms with van der Waals surface area (Å²) in [5, 5.41) is 6.21. The van der Waals surface area contributed by atoms with Crippen LogP contribution in [0.25, 0.3) is 0 Å². The molecule has 2 rings (SSSR count). The van der Waals surface area contributed by atoms with Crippen molar-refractivity contribution in [2.45, 2.75) is 26.4 Å². The third-order valence-corrected chi connectivity index (χ3v) is 4.17. The Morgan fingerprint density at radius 1 is 1.52 bits per heavy atom. The lowest BCUT2D eigenvalue weighted by Gasteiger charge is -2.14. The number of carbonyl (C=O) groups is 2. The molecule has 0 saturated heterocycles. The lowest BCUT2D eigenvalue weighted by molar-refractivity contribution is -0.124. The fourth-order valence-corrected chi connectivity index (χ4v) is 2.83. The van der Waals surface area contributed by atoms with Gasteiger partial charge in [-0.3, -0.25) is 4.79 Å². The van der Waals surface area contributed by atoms with Crippen LogP contribution in [-0.4, -0.2) is 23.1 Å². The Kier molecular flexibility index (Phi) is 5.13. The average Bonchev–Trinajstić information content (AvgIpc) is 3.04. The maximum absolute atomic E-state index is 12.0. The maximum atomic E-state index is 12.0. The molecule has 1 unspecified atom stereocenters. The number of anilines is 1. The molecular weight excluding hydrogens is 360 g/mol. The number of thiophene rings is 1. The van der Waals surface area contributed by atoms with Crippen LogP contribution in [0.3, 0.4) is 0 Å². The van der Waals surface area contributed by atoms with E-state index in [0.29, 0.717) is 22.9 Å². The van der Waals surface area contributed by atoms with Gasteiger partial charge >= 0.3 is 5.97 Å². The molecule has 0 radical (unpaired) electrons. The van der Waals surface area contributed by atoms with E-state index in [-0.39, 0.29) is 0 Å². The highest BCUT2D eigenvalue weighted by molar-refractivity contribution is 9.11. The van der Waals surface area contributed by atoms with Gasteiger partial charge in [-0.05, 0) is 41.4 Å². The Hall–Kier alpha value is -1.67. The van der Waals surface area contributed by atoms with Crippen molar-refractivity contribution in [2.75, 3.05) is 5.32 Å². The number of aryl methyl sites for hydroxylation is 1. The molecule has 0 spiro atoms. The van der Waals surface area contributed by atoms with Crippen molar-refractivity contribution in [2.24, 2.45) is 0 Å². The average molecular weight is 373 g/mol. The molecule has 0 fully saturated rings. The van der Waals surface area contributed by atoms with E-state index in [2.05, 4.69) is 26.4 Å². The molecule has 0 saturated carbocycles. The predicted molar refractivity (Wildman–Crippen MR) is 81.4 cm³/mol. The van der Waals surface area contributed by atoms with Gasteiger partial charge in [-0.1, -0.05) is 12.1 Å². The van der Waals surface area contributed by atoms with Crippen LogP contribution < -0.4 is 5.32 Å². The van der Waals surface area contributed by atoms with Gasteiger partial charge < -0.3 is 14.6 Å². The SMILES string of the molecule is CCC(OC(=O)c1ccc(Br)s1)C(=O)Nc1cc(C)on1. The zero-order valence-electron chi connectivity index (χ0n) is 11.4. The number of hydrogen-bond acceptors (Lipinski definition) is 6. The highest BCUT2D eigenvalue weighted by atomic mass is 79.9. The summed E-state index contributed by atoms with van der Waals surface area (Å²) in [5.41, 5.74) is 0. The molecule has 2 aromatic rings. The van der Waals surface area contributed by atoms with E-state index >= 15 is 0 Å². The van der Waals surface area contributed by atoms with Gasteiger partial charge in [0.1, 0.15) is 10.6 Å². The van der Waals surface area contributed by atoms with E-state index in [1.54, 1.807) is 32.0 Å². The second kappa shape index (κ2) is 6.86. The first-order chi connectivity index (χ1) is 9.99. The van der Waals surface area contributed by atoms with E-state index in [4.69, 9.17) is 9.26 Å². The third kappa shape index (κ3) is 4.15. The van der Waals surface area contributed by atoms with Gasteiger partial charge in [0.15, 0.2) is 11.9 Å². The lowest BCUT2D eigenvalue weighted by atomic mass is 10.2. The van der Waals surface area contributed by atoms with Gasteiger partial charge in [-0.15, -0.1) is 11.3 Å². The van der Waals surface area contributed by atoms with E-state index in [9.17, 15) is 9.59 Å². The van der Waals surface area contributed by atoms with Gasteiger partial charge in [-0.25, -0.2) is 4.79 Å². The first-order valence-electron chi connectivity index (χ1n) is 6.20. The van der Waals surface area contributed by atoms with Crippen molar-refractivity contribution in [3.05, 3.63) is 32.6 Å². The summed E-state index contributed by atoms with van der Waals surface area (Å²) in [6.45, 7) is 3.48. The van der Waals surface area contributed by atoms with Crippen LogP contribution >= 0.6 is 27.3 Å². The zero-order valence-corrected chi connectivity index (χ0v) is 13.8. The number of hydrogen-bond donors (Lipinski definition) is 1. The molecule has 1 amide bonds. The maximum Gasteiger partial charge on any atom is 0.349 e. The number of nitrogens with one attached hydrogen (secondary N) is 1. The van der Waals surface area contributed by atoms with Crippen molar-refractivity contribution in [3.63, 3.8) is 0 Å². The molecule has 0 aliphatic rings. The fraction of sp³-hybridized carbons (Fsp3) is 0.308. The van der Waals surface area contributed by atoms with Crippen molar-refractivity contribution in [1.82, 2.24) is 5.16 Å². The second-order valence-corrected chi connectivity index (χ2v) is 6.68. The van der Waals surface area contributed by atoms with Crippen LogP contribution in [-0.2, 0) is 9.53 Å². The smallest absolute Gasteiger partial charge is 0.349 e. The Bertz CT molecular complexity index is 652. The third-order valence-electron chi connectivity index (χ3n) is 2.57. The van der Waals surface area contributed by atoms with Gasteiger partial charge in [-0.2, -0.15) is 0 Å². The number of aromatic nitrogens is 1. The quantitative estimate of drug-likeness (QED) is 0.813. The number of rotatable bonds is 5. The normalized spacial score (nSPS) is 12.0. The van der Waals surface area contributed by atoms with Crippen molar-refractivity contribution >= 4 is 45.0 Å². The van der Waals surface area contributed by atoms with Crippen LogP contribution in [0.5, 0.6) is 0 Å². The van der Waals surface area contributed by atoms with Crippen LogP contribution in [0.4, 0.5) is 5.82 Å². The molecule has 112 valence electrons. The van der Waals surface area contributed by atoms with Crippen LogP contribution in [0.15, 0.2) is 26.5 Å². The monoisotopic (exact) mass is 372 g/mol. The number of amides is 1. The number of esters is 1. The summed E-state index contributed by atoms with van der Waals surface area (Å²) in [4.78, 5) is 24.4. The summed E-state index contributed by atoms with van der Waals surface area (Å²) in [5.74, 6) is -0.0801. The number of ether oxygens (including phenoxy) is 1. The number of nitrogens with zero attached hydrogens (tertiary/aromatic N) is 1. The highest BCUT2D eigenvalue weighted by Gasteiger charge is 2.23. The molecule has 0 aliphatic heterocycles. The molecule has 2 heterocycles. The molecule has 1 N–H and O–H groups in total. The first-order valence-corrected chi connectivity index (χ1v) is 7.81. The molecule has 2 aromatic heterocycles. The summed E-state index contributed by atoms with van der Waals surface area (Å²) in [6.07, 6.45) is -0.517. The van der Waals surface area contributed by atoms with Crippen LogP contribution in [0.1, 0.15) is 28.8 Å². The fourth-order valence-electron chi connectivity index (χ4n) is 1.57. The number of halogens is 1. The first kappa shape index (κ1) is 15.7. The van der Waals surface area contributed by atoms with Crippen molar-refractivity contribution < 1.29 is 18.8 Å². The van der Waals surface area contributed by atoms with Crippen LogP contribution in [0.2, 0.25) is 0 Å². The van der Waals surface area contributed by atoms with E-state index < -0.39 is 18.0 Å². The van der Waals surface area contributed by atoms with Gasteiger partial charge in [0.2, 0.25) is 0 Å². The number of carbonyl (C=O) groups excluding carboxylic acids is 2. The zero-order chi connectivity index (χ0) is 15.4. The molecule has 0 aliphatic carbocycles. The minimum Gasteiger partial charge on any atom is -0.448 e. The Morgan fingerprint density at radius 3 is 2.81 bits per heavy atom. The minimum absolute atomic E-state index is 0.297. The molecule has 0 bridgehead atoms. The molecule has 21 heavy (non-hydrogen) atoms. The molecular formula is C13H13BrN2O4S. The van der Waals surface area contributed by atoms with Gasteiger partial charge in [0.05, 0.1) is 3.79 Å². The van der Waals surface area contributed by atoms with E-state index in [1.165, 1.54) is 11.3 Å². The van der Waals surface area contributed by atoms with Crippen molar-refractivity contribution in [3.8, 4) is 0 Å².